The van der Waals surface area contributed by atoms with Crippen molar-refractivity contribution >= 4 is 17.2 Å². The quantitative estimate of drug-likeness (QED) is 0.848. The van der Waals surface area contributed by atoms with Crippen LogP contribution in [0.4, 0.5) is 0 Å². The molecule has 0 aromatic carbocycles. The van der Waals surface area contributed by atoms with Gasteiger partial charge >= 0.3 is 0 Å². The van der Waals surface area contributed by atoms with Crippen LogP contribution in [0.1, 0.15) is 37.6 Å². The first-order valence-corrected chi connectivity index (χ1v) is 9.58. The van der Waals surface area contributed by atoms with Crippen LogP contribution in [0.5, 0.6) is 0 Å². The Morgan fingerprint density at radius 2 is 2.17 bits per heavy atom. The minimum Gasteiger partial charge on any atom is -0.336 e. The van der Waals surface area contributed by atoms with Gasteiger partial charge in [-0.25, -0.2) is 0 Å². The monoisotopic (exact) mass is 343 g/mol. The fourth-order valence-electron chi connectivity index (χ4n) is 3.38. The summed E-state index contributed by atoms with van der Waals surface area (Å²) in [5.74, 6) is 0.0984. The fourth-order valence-corrected chi connectivity index (χ4v) is 4.03. The highest BCUT2D eigenvalue weighted by molar-refractivity contribution is 7.08. The van der Waals surface area contributed by atoms with Crippen molar-refractivity contribution in [3.8, 4) is 11.3 Å². The number of aromatic nitrogens is 1. The van der Waals surface area contributed by atoms with Gasteiger partial charge in [-0.15, -0.1) is 0 Å². The summed E-state index contributed by atoms with van der Waals surface area (Å²) >= 11 is 1.65. The van der Waals surface area contributed by atoms with E-state index in [2.05, 4.69) is 36.0 Å². The number of rotatable bonds is 4. The molecule has 1 atom stereocenters. The molecular weight excluding hydrogens is 318 g/mol. The van der Waals surface area contributed by atoms with E-state index in [1.165, 1.54) is 0 Å². The van der Waals surface area contributed by atoms with E-state index in [4.69, 9.17) is 0 Å². The SMILES string of the molecule is CC[C@H]1CN(C(=O)c2ccc(-c3ccsc3)nc2)CCN1C(C)C. The summed E-state index contributed by atoms with van der Waals surface area (Å²) in [6.07, 6.45) is 2.78. The zero-order valence-electron chi connectivity index (χ0n) is 14.6. The van der Waals surface area contributed by atoms with Gasteiger partial charge in [0.05, 0.1) is 11.3 Å². The normalized spacial score (nSPS) is 19.0. The molecule has 0 spiro atoms. The van der Waals surface area contributed by atoms with Crippen LogP contribution in [-0.4, -0.2) is 52.4 Å². The molecule has 1 fully saturated rings. The van der Waals surface area contributed by atoms with Crippen molar-refractivity contribution in [2.75, 3.05) is 19.6 Å². The zero-order valence-corrected chi connectivity index (χ0v) is 15.4. The number of hydrogen-bond donors (Lipinski definition) is 0. The van der Waals surface area contributed by atoms with Crippen molar-refractivity contribution in [2.24, 2.45) is 0 Å². The van der Waals surface area contributed by atoms with E-state index < -0.39 is 0 Å². The maximum atomic E-state index is 12.8. The van der Waals surface area contributed by atoms with Crippen molar-refractivity contribution in [2.45, 2.75) is 39.3 Å². The molecule has 128 valence electrons. The van der Waals surface area contributed by atoms with Crippen molar-refractivity contribution < 1.29 is 4.79 Å². The van der Waals surface area contributed by atoms with Gasteiger partial charge in [-0.3, -0.25) is 14.7 Å². The first kappa shape index (κ1) is 17.1. The Hall–Kier alpha value is -1.72. The molecule has 2 aromatic heterocycles. The second kappa shape index (κ2) is 7.45. The lowest BCUT2D eigenvalue weighted by atomic mass is 10.1. The third kappa shape index (κ3) is 3.52. The van der Waals surface area contributed by atoms with Crippen LogP contribution in [0.2, 0.25) is 0 Å². The van der Waals surface area contributed by atoms with Crippen molar-refractivity contribution in [1.82, 2.24) is 14.8 Å². The summed E-state index contributed by atoms with van der Waals surface area (Å²) < 4.78 is 0. The van der Waals surface area contributed by atoms with Gasteiger partial charge in [-0.05, 0) is 43.8 Å². The van der Waals surface area contributed by atoms with Gasteiger partial charge in [-0.2, -0.15) is 11.3 Å². The van der Waals surface area contributed by atoms with Crippen LogP contribution in [0, 0.1) is 0 Å². The number of carbonyl (C=O) groups is 1. The molecule has 1 aliphatic rings. The second-order valence-corrected chi connectivity index (χ2v) is 7.37. The van der Waals surface area contributed by atoms with Crippen LogP contribution in [0.3, 0.4) is 0 Å². The molecule has 0 aliphatic carbocycles. The Bertz CT molecular complexity index is 666. The van der Waals surface area contributed by atoms with Crippen LogP contribution >= 0.6 is 11.3 Å². The minimum absolute atomic E-state index is 0.0984. The number of pyridine rings is 1. The molecule has 24 heavy (non-hydrogen) atoms. The molecule has 3 rings (SSSR count). The number of amides is 1. The van der Waals surface area contributed by atoms with E-state index >= 15 is 0 Å². The Labute approximate surface area is 148 Å². The first-order valence-electron chi connectivity index (χ1n) is 8.63. The highest BCUT2D eigenvalue weighted by Crippen LogP contribution is 2.21. The molecule has 2 aromatic rings. The lowest BCUT2D eigenvalue weighted by Crippen LogP contribution is -2.56. The van der Waals surface area contributed by atoms with Gasteiger partial charge in [0.2, 0.25) is 0 Å². The molecule has 3 heterocycles. The van der Waals surface area contributed by atoms with Crippen LogP contribution in [0.15, 0.2) is 35.2 Å². The Kier molecular flexibility index (Phi) is 5.31. The molecule has 0 saturated carbocycles. The van der Waals surface area contributed by atoms with Gasteiger partial charge in [0, 0.05) is 48.9 Å². The Morgan fingerprint density at radius 1 is 1.33 bits per heavy atom. The zero-order chi connectivity index (χ0) is 17.1. The lowest BCUT2D eigenvalue weighted by Gasteiger charge is -2.43. The summed E-state index contributed by atoms with van der Waals surface area (Å²) in [5, 5.41) is 4.11. The molecule has 0 N–H and O–H groups in total. The van der Waals surface area contributed by atoms with Gasteiger partial charge in [-0.1, -0.05) is 6.92 Å². The standard InChI is InChI=1S/C19H25N3OS/c1-4-17-12-21(8-9-22(17)14(2)3)19(23)15-5-6-18(20-11-15)16-7-10-24-13-16/h5-7,10-11,13-14,17H,4,8-9,12H2,1-3H3/t17-/m0/s1. The van der Waals surface area contributed by atoms with Crippen molar-refractivity contribution in [3.05, 3.63) is 40.7 Å². The van der Waals surface area contributed by atoms with E-state index in [0.717, 1.165) is 37.3 Å². The third-order valence-electron chi connectivity index (χ3n) is 4.78. The minimum atomic E-state index is 0.0984. The Balaban J connectivity index is 1.70. The number of thiophene rings is 1. The molecule has 0 unspecified atom stereocenters. The van der Waals surface area contributed by atoms with Crippen molar-refractivity contribution in [3.63, 3.8) is 0 Å². The van der Waals surface area contributed by atoms with E-state index in [-0.39, 0.29) is 5.91 Å². The summed E-state index contributed by atoms with van der Waals surface area (Å²) in [6, 6.07) is 6.86. The van der Waals surface area contributed by atoms with E-state index in [9.17, 15) is 4.79 Å². The maximum Gasteiger partial charge on any atom is 0.255 e. The maximum absolute atomic E-state index is 12.8. The summed E-state index contributed by atoms with van der Waals surface area (Å²) in [5.41, 5.74) is 2.71. The van der Waals surface area contributed by atoms with Crippen LogP contribution in [-0.2, 0) is 0 Å². The van der Waals surface area contributed by atoms with E-state index in [1.54, 1.807) is 17.5 Å². The molecule has 1 aliphatic heterocycles. The predicted octanol–water partition coefficient (Wildman–Crippen LogP) is 3.75. The van der Waals surface area contributed by atoms with Crippen molar-refractivity contribution in [1.29, 1.82) is 0 Å². The average molecular weight is 343 g/mol. The third-order valence-corrected chi connectivity index (χ3v) is 5.46. The predicted molar refractivity (Wildman–Crippen MR) is 99.4 cm³/mol. The molecule has 4 nitrogen and oxygen atoms in total. The number of nitrogens with zero attached hydrogens (tertiary/aromatic N) is 3. The molecule has 5 heteroatoms. The molecule has 1 amide bonds. The van der Waals surface area contributed by atoms with E-state index in [1.807, 2.05) is 28.5 Å². The highest BCUT2D eigenvalue weighted by atomic mass is 32.1. The summed E-state index contributed by atoms with van der Waals surface area (Å²) in [7, 11) is 0. The van der Waals surface area contributed by atoms with Crippen LogP contribution < -0.4 is 0 Å². The molecular formula is C19H25N3OS. The van der Waals surface area contributed by atoms with Gasteiger partial charge in [0.15, 0.2) is 0 Å². The fraction of sp³-hybridized carbons (Fsp3) is 0.474. The number of carbonyl (C=O) groups excluding carboxylic acids is 1. The molecule has 0 bridgehead atoms. The van der Waals surface area contributed by atoms with Gasteiger partial charge in [0.25, 0.3) is 5.91 Å². The van der Waals surface area contributed by atoms with Gasteiger partial charge in [0.1, 0.15) is 0 Å². The lowest BCUT2D eigenvalue weighted by molar-refractivity contribution is 0.0371. The topological polar surface area (TPSA) is 36.4 Å². The van der Waals surface area contributed by atoms with Crippen LogP contribution in [0.25, 0.3) is 11.3 Å². The largest absolute Gasteiger partial charge is 0.336 e. The summed E-state index contributed by atoms with van der Waals surface area (Å²) in [6.45, 7) is 9.20. The molecule has 0 radical (unpaired) electrons. The number of hydrogen-bond acceptors (Lipinski definition) is 4. The first-order chi connectivity index (χ1) is 11.6. The number of piperazine rings is 1. The average Bonchev–Trinajstić information content (AvgIpc) is 3.15. The summed E-state index contributed by atoms with van der Waals surface area (Å²) in [4.78, 5) is 21.8. The smallest absolute Gasteiger partial charge is 0.255 e. The molecule has 1 saturated heterocycles. The highest BCUT2D eigenvalue weighted by Gasteiger charge is 2.30. The van der Waals surface area contributed by atoms with Gasteiger partial charge < -0.3 is 4.90 Å². The second-order valence-electron chi connectivity index (χ2n) is 6.59. The Morgan fingerprint density at radius 3 is 2.75 bits per heavy atom. The van der Waals surface area contributed by atoms with E-state index in [0.29, 0.717) is 17.6 Å².